The fourth-order valence-electron chi connectivity index (χ4n) is 2.67. The normalized spacial score (nSPS) is 12.8. The fraction of sp³-hybridized carbons (Fsp3) is 0.696. The van der Waals surface area contributed by atoms with Crippen LogP contribution in [-0.4, -0.2) is 13.1 Å². The highest BCUT2D eigenvalue weighted by molar-refractivity contribution is 5.68. The van der Waals surface area contributed by atoms with Crippen LogP contribution in [0, 0.1) is 0 Å². The topological polar surface area (TPSA) is 26.3 Å². The lowest BCUT2D eigenvalue weighted by Gasteiger charge is -2.00. The van der Waals surface area contributed by atoms with Gasteiger partial charge in [-0.2, -0.15) is 0 Å². The van der Waals surface area contributed by atoms with E-state index in [9.17, 15) is 4.79 Å². The summed E-state index contributed by atoms with van der Waals surface area (Å²) in [6, 6.07) is 0. The number of hydrogen-bond donors (Lipinski definition) is 0. The summed E-state index contributed by atoms with van der Waals surface area (Å²) < 4.78 is 4.64. The van der Waals surface area contributed by atoms with Gasteiger partial charge in [-0.25, -0.2) is 0 Å². The number of ether oxygens (including phenoxy) is 1. The summed E-state index contributed by atoms with van der Waals surface area (Å²) in [7, 11) is 1.45. The molecule has 0 saturated heterocycles. The van der Waals surface area contributed by atoms with Crippen molar-refractivity contribution in [1.82, 2.24) is 0 Å². The zero-order chi connectivity index (χ0) is 18.8. The van der Waals surface area contributed by atoms with Gasteiger partial charge in [0, 0.05) is 6.42 Å². The highest BCUT2D eigenvalue weighted by Gasteiger charge is 1.98. The van der Waals surface area contributed by atoms with Gasteiger partial charge in [0.15, 0.2) is 0 Å². The molecule has 2 heteroatoms. The van der Waals surface area contributed by atoms with Gasteiger partial charge in [-0.3, -0.25) is 4.79 Å². The fourth-order valence-corrected chi connectivity index (χ4v) is 2.67. The van der Waals surface area contributed by atoms with Crippen molar-refractivity contribution < 1.29 is 9.53 Å². The Morgan fingerprint density at radius 3 is 2.24 bits per heavy atom. The highest BCUT2D eigenvalue weighted by Crippen LogP contribution is 2.11. The Balaban J connectivity index is 3.66. The number of carbonyl (C=O) groups excluding carboxylic acids is 1. The molecule has 0 unspecified atom stereocenters. The van der Waals surface area contributed by atoms with Crippen LogP contribution in [0.1, 0.15) is 97.8 Å². The first kappa shape index (κ1) is 23.7. The number of esters is 1. The molecule has 0 heterocycles. The molecule has 2 nitrogen and oxygen atoms in total. The van der Waals surface area contributed by atoms with E-state index in [1.165, 1.54) is 56.8 Å². The predicted molar refractivity (Wildman–Crippen MR) is 110 cm³/mol. The van der Waals surface area contributed by atoms with Crippen molar-refractivity contribution in [2.24, 2.45) is 0 Å². The molecule has 0 amide bonds. The largest absolute Gasteiger partial charge is 0.469 e. The Morgan fingerprint density at radius 1 is 0.840 bits per heavy atom. The molecule has 0 aliphatic carbocycles. The molecule has 0 saturated carbocycles. The van der Waals surface area contributed by atoms with E-state index < -0.39 is 0 Å². The second-order valence-electron chi connectivity index (χ2n) is 7.00. The van der Waals surface area contributed by atoms with Crippen LogP contribution in [0.15, 0.2) is 35.5 Å². The van der Waals surface area contributed by atoms with Gasteiger partial charge in [-0.15, -0.1) is 0 Å². The quantitative estimate of drug-likeness (QED) is 0.176. The van der Waals surface area contributed by atoms with Crippen molar-refractivity contribution in [2.45, 2.75) is 97.8 Å². The molecule has 0 radical (unpaired) electrons. The van der Waals surface area contributed by atoms with Crippen molar-refractivity contribution in [2.75, 3.05) is 7.11 Å². The zero-order valence-corrected chi connectivity index (χ0v) is 17.1. The maximum Gasteiger partial charge on any atom is 0.305 e. The lowest BCUT2D eigenvalue weighted by Crippen LogP contribution is -1.98. The monoisotopic (exact) mass is 348 g/mol. The molecule has 0 aromatic carbocycles. The molecule has 0 rings (SSSR count). The molecule has 0 atom stereocenters. The SMILES string of the molecule is CCCCC/C(C)=C/C/C=C(\C)C/C=C/CCCCCCC(=O)OC. The standard InChI is InChI=1S/C23H40O2/c1-5-6-12-16-21(2)18-15-19-22(3)17-13-10-8-7-9-11-14-20-23(24)25-4/h10,13,18-19H,5-9,11-12,14-17,20H2,1-4H3/b13-10+,21-18+,22-19+. The van der Waals surface area contributed by atoms with Gasteiger partial charge in [-0.1, -0.05) is 68.1 Å². The van der Waals surface area contributed by atoms with Gasteiger partial charge < -0.3 is 4.74 Å². The highest BCUT2D eigenvalue weighted by atomic mass is 16.5. The average molecular weight is 349 g/mol. The number of carbonyl (C=O) groups is 1. The predicted octanol–water partition coefficient (Wildman–Crippen LogP) is 7.31. The van der Waals surface area contributed by atoms with E-state index in [0.29, 0.717) is 6.42 Å². The number of rotatable bonds is 15. The molecule has 0 aromatic rings. The molecule has 0 bridgehead atoms. The number of hydrogen-bond acceptors (Lipinski definition) is 2. The lowest BCUT2D eigenvalue weighted by atomic mass is 10.1. The van der Waals surface area contributed by atoms with Gasteiger partial charge in [0.05, 0.1) is 7.11 Å². The van der Waals surface area contributed by atoms with Gasteiger partial charge in [-0.05, 0) is 58.8 Å². The third kappa shape index (κ3) is 17.3. The Morgan fingerprint density at radius 2 is 1.52 bits per heavy atom. The van der Waals surface area contributed by atoms with Crippen LogP contribution in [0.5, 0.6) is 0 Å². The van der Waals surface area contributed by atoms with E-state index in [4.69, 9.17) is 0 Å². The molecule has 0 aromatic heterocycles. The van der Waals surface area contributed by atoms with E-state index in [1.54, 1.807) is 0 Å². The molecule has 144 valence electrons. The van der Waals surface area contributed by atoms with Crippen molar-refractivity contribution >= 4 is 5.97 Å². The van der Waals surface area contributed by atoms with Gasteiger partial charge in [0.2, 0.25) is 0 Å². The van der Waals surface area contributed by atoms with Gasteiger partial charge in [0.1, 0.15) is 0 Å². The zero-order valence-electron chi connectivity index (χ0n) is 17.1. The Bertz CT molecular complexity index is 416. The first-order valence-corrected chi connectivity index (χ1v) is 10.1. The summed E-state index contributed by atoms with van der Waals surface area (Å²) in [6.07, 6.45) is 22.8. The third-order valence-corrected chi connectivity index (χ3v) is 4.44. The van der Waals surface area contributed by atoms with Crippen LogP contribution in [-0.2, 0) is 9.53 Å². The summed E-state index contributed by atoms with van der Waals surface area (Å²) in [5.41, 5.74) is 2.98. The minimum absolute atomic E-state index is 0.0897. The van der Waals surface area contributed by atoms with Crippen molar-refractivity contribution in [3.8, 4) is 0 Å². The van der Waals surface area contributed by atoms with Crippen molar-refractivity contribution in [3.05, 3.63) is 35.5 Å². The molecular formula is C23H40O2. The lowest BCUT2D eigenvalue weighted by molar-refractivity contribution is -0.140. The smallest absolute Gasteiger partial charge is 0.305 e. The van der Waals surface area contributed by atoms with Gasteiger partial charge >= 0.3 is 5.97 Å². The minimum Gasteiger partial charge on any atom is -0.469 e. The van der Waals surface area contributed by atoms with Crippen LogP contribution in [0.3, 0.4) is 0 Å². The van der Waals surface area contributed by atoms with E-state index in [0.717, 1.165) is 32.1 Å². The van der Waals surface area contributed by atoms with E-state index in [2.05, 4.69) is 49.8 Å². The van der Waals surface area contributed by atoms with Crippen LogP contribution in [0.25, 0.3) is 0 Å². The summed E-state index contributed by atoms with van der Waals surface area (Å²) in [5.74, 6) is -0.0897. The Kier molecular flexibility index (Phi) is 16.6. The summed E-state index contributed by atoms with van der Waals surface area (Å²) in [4.78, 5) is 11.0. The Hall–Kier alpha value is -1.31. The van der Waals surface area contributed by atoms with E-state index >= 15 is 0 Å². The first-order valence-electron chi connectivity index (χ1n) is 10.1. The number of allylic oxidation sites excluding steroid dienone is 6. The molecule has 0 aliphatic heterocycles. The molecule has 0 fully saturated rings. The van der Waals surface area contributed by atoms with Crippen LogP contribution < -0.4 is 0 Å². The second kappa shape index (κ2) is 17.5. The van der Waals surface area contributed by atoms with E-state index in [-0.39, 0.29) is 5.97 Å². The maximum atomic E-state index is 11.0. The maximum absolute atomic E-state index is 11.0. The summed E-state index contributed by atoms with van der Waals surface area (Å²) in [6.45, 7) is 6.73. The molecule has 0 N–H and O–H groups in total. The minimum atomic E-state index is -0.0897. The molecule has 0 spiro atoms. The third-order valence-electron chi connectivity index (χ3n) is 4.44. The van der Waals surface area contributed by atoms with Gasteiger partial charge in [0.25, 0.3) is 0 Å². The average Bonchev–Trinajstić information content (AvgIpc) is 2.60. The second-order valence-corrected chi connectivity index (χ2v) is 7.00. The number of unbranched alkanes of at least 4 members (excludes halogenated alkanes) is 6. The van der Waals surface area contributed by atoms with Crippen LogP contribution in [0.4, 0.5) is 0 Å². The Labute approximate surface area is 156 Å². The van der Waals surface area contributed by atoms with Crippen molar-refractivity contribution in [1.29, 1.82) is 0 Å². The van der Waals surface area contributed by atoms with Crippen LogP contribution in [0.2, 0.25) is 0 Å². The summed E-state index contributed by atoms with van der Waals surface area (Å²) in [5, 5.41) is 0. The number of methoxy groups -OCH3 is 1. The van der Waals surface area contributed by atoms with Crippen molar-refractivity contribution in [3.63, 3.8) is 0 Å². The first-order chi connectivity index (χ1) is 12.1. The molecule has 25 heavy (non-hydrogen) atoms. The van der Waals surface area contributed by atoms with E-state index in [1.807, 2.05) is 0 Å². The molecular weight excluding hydrogens is 308 g/mol. The van der Waals surface area contributed by atoms with Crippen LogP contribution >= 0.6 is 0 Å². The molecule has 0 aliphatic rings. The summed E-state index contributed by atoms with van der Waals surface area (Å²) >= 11 is 0.